The highest BCUT2D eigenvalue weighted by Gasteiger charge is 2.50. The number of para-hydroxylation sites is 4. The molecule has 1 saturated carbocycles. The standard InChI is InChI=1S/C73H48N2O2/c1-3-16-47(17-4-1)55-20-7-11-26-66(55)74(51-35-40-70-62(44-51)58-22-9-13-28-68(58)76-70)50-32-30-49(31-33-50)54-38-39-61-57-37-34-53(46-65(57)73(42-43-73)64-25-15-24-60(54)72(61)64)75(67-27-12-8-21-56(67)48-18-5-2-6-19-48)52-36-41-71-63(45-52)59-23-10-14-29-69(59)77-71/h1-41,44-46H,42-43H2. The molecule has 12 aromatic carbocycles. The summed E-state index contributed by atoms with van der Waals surface area (Å²) in [4.78, 5) is 4.86. The Morgan fingerprint density at radius 1 is 0.273 bits per heavy atom. The first-order chi connectivity index (χ1) is 38.1. The van der Waals surface area contributed by atoms with Crippen LogP contribution < -0.4 is 9.80 Å². The van der Waals surface area contributed by atoms with Gasteiger partial charge in [-0.15, -0.1) is 0 Å². The minimum absolute atomic E-state index is 0.0796. The molecule has 0 atom stereocenters. The van der Waals surface area contributed by atoms with E-state index in [9.17, 15) is 0 Å². The Morgan fingerprint density at radius 3 is 1.31 bits per heavy atom. The summed E-state index contributed by atoms with van der Waals surface area (Å²) in [7, 11) is 0. The molecule has 4 nitrogen and oxygen atoms in total. The average Bonchev–Trinajstić information content (AvgIpc) is 4.19. The van der Waals surface area contributed by atoms with Gasteiger partial charge in [0.25, 0.3) is 0 Å². The Balaban J connectivity index is 0.820. The third kappa shape index (κ3) is 6.85. The number of hydrogen-bond donors (Lipinski definition) is 0. The lowest BCUT2D eigenvalue weighted by atomic mass is 9.73. The van der Waals surface area contributed by atoms with Crippen LogP contribution in [0.15, 0.2) is 276 Å². The van der Waals surface area contributed by atoms with Crippen LogP contribution in [0, 0.1) is 0 Å². The van der Waals surface area contributed by atoms with E-state index >= 15 is 0 Å². The second-order valence-electron chi connectivity index (χ2n) is 20.7. The molecule has 4 heteroatoms. The van der Waals surface area contributed by atoms with Gasteiger partial charge in [-0.05, 0) is 153 Å². The molecule has 2 aliphatic rings. The minimum Gasteiger partial charge on any atom is -0.456 e. The van der Waals surface area contributed by atoms with Gasteiger partial charge in [-0.3, -0.25) is 0 Å². The summed E-state index contributed by atoms with van der Waals surface area (Å²) in [6, 6.07) is 97.1. The predicted molar refractivity (Wildman–Crippen MR) is 320 cm³/mol. The number of benzene rings is 12. The Hall–Kier alpha value is -9.90. The van der Waals surface area contributed by atoms with Crippen molar-refractivity contribution in [2.75, 3.05) is 9.80 Å². The van der Waals surface area contributed by atoms with Crippen molar-refractivity contribution < 1.29 is 8.83 Å². The van der Waals surface area contributed by atoms with Crippen molar-refractivity contribution in [3.05, 3.63) is 278 Å². The highest BCUT2D eigenvalue weighted by Crippen LogP contribution is 2.63. The van der Waals surface area contributed by atoms with Crippen LogP contribution in [-0.4, -0.2) is 0 Å². The number of fused-ring (bicyclic) bond motifs is 10. The number of hydrogen-bond acceptors (Lipinski definition) is 4. The molecule has 0 radical (unpaired) electrons. The van der Waals surface area contributed by atoms with E-state index in [-0.39, 0.29) is 5.41 Å². The summed E-state index contributed by atoms with van der Waals surface area (Å²) in [5, 5.41) is 7.09. The molecule has 0 unspecified atom stereocenters. The Bertz CT molecular complexity index is 4640. The van der Waals surface area contributed by atoms with Crippen LogP contribution >= 0.6 is 0 Å². The van der Waals surface area contributed by atoms with E-state index in [2.05, 4.69) is 259 Å². The Kier molecular flexibility index (Phi) is 9.64. The van der Waals surface area contributed by atoms with Crippen LogP contribution in [0.5, 0.6) is 0 Å². The quantitative estimate of drug-likeness (QED) is 0.144. The van der Waals surface area contributed by atoms with Gasteiger partial charge in [0, 0.05) is 60.8 Å². The van der Waals surface area contributed by atoms with Gasteiger partial charge in [0.15, 0.2) is 0 Å². The molecule has 0 aliphatic heterocycles. The molecular formula is C73H48N2O2. The van der Waals surface area contributed by atoms with Crippen LogP contribution in [0.25, 0.3) is 99.2 Å². The zero-order chi connectivity index (χ0) is 50.6. The smallest absolute Gasteiger partial charge is 0.135 e. The maximum absolute atomic E-state index is 6.36. The highest BCUT2D eigenvalue weighted by atomic mass is 16.3. The fourth-order valence-corrected chi connectivity index (χ4v) is 12.8. The second-order valence-corrected chi connectivity index (χ2v) is 20.7. The van der Waals surface area contributed by atoms with Crippen LogP contribution in [0.4, 0.5) is 34.1 Å². The van der Waals surface area contributed by atoms with E-state index in [0.29, 0.717) is 0 Å². The zero-order valence-corrected chi connectivity index (χ0v) is 42.0. The number of anilines is 6. The molecule has 0 amide bonds. The van der Waals surface area contributed by atoms with Gasteiger partial charge in [-0.2, -0.15) is 0 Å². The topological polar surface area (TPSA) is 32.8 Å². The largest absolute Gasteiger partial charge is 0.456 e. The van der Waals surface area contributed by atoms with Gasteiger partial charge in [-0.25, -0.2) is 0 Å². The van der Waals surface area contributed by atoms with Gasteiger partial charge in [-0.1, -0.05) is 182 Å². The molecular weight excluding hydrogens is 937 g/mol. The van der Waals surface area contributed by atoms with E-state index in [1.165, 1.54) is 60.8 Å². The van der Waals surface area contributed by atoms with E-state index in [1.54, 1.807) is 0 Å². The van der Waals surface area contributed by atoms with Crippen molar-refractivity contribution in [1.82, 2.24) is 0 Å². The number of nitrogens with zero attached hydrogens (tertiary/aromatic N) is 2. The molecule has 362 valence electrons. The minimum atomic E-state index is -0.0796. The Labute approximate surface area is 445 Å². The molecule has 0 bridgehead atoms. The van der Waals surface area contributed by atoms with Gasteiger partial charge < -0.3 is 18.6 Å². The van der Waals surface area contributed by atoms with E-state index in [0.717, 1.165) is 96.4 Å². The molecule has 2 heterocycles. The lowest BCUT2D eigenvalue weighted by Crippen LogP contribution is -2.18. The van der Waals surface area contributed by atoms with Gasteiger partial charge in [0.1, 0.15) is 22.3 Å². The number of furan rings is 2. The normalized spacial score (nSPS) is 13.2. The maximum Gasteiger partial charge on any atom is 0.135 e. The molecule has 1 spiro atoms. The SMILES string of the molecule is c1ccc(-c2ccccc2N(c2ccc(-c3ccc4c5c(cccc35)C3(CC3)c3cc(N(c5ccc6oc7ccccc7c6c5)c5ccccc5-c5ccccc5)ccc3-4)cc2)c2ccc3oc4ccccc4c3c2)cc1. The van der Waals surface area contributed by atoms with Crippen molar-refractivity contribution in [3.8, 4) is 44.5 Å². The molecule has 14 aromatic rings. The first-order valence-corrected chi connectivity index (χ1v) is 26.7. The summed E-state index contributed by atoms with van der Waals surface area (Å²) in [5.41, 5.74) is 22.6. The van der Waals surface area contributed by atoms with Crippen molar-refractivity contribution in [2.45, 2.75) is 18.3 Å². The molecule has 16 rings (SSSR count). The van der Waals surface area contributed by atoms with E-state index < -0.39 is 0 Å². The second kappa shape index (κ2) is 17.1. The van der Waals surface area contributed by atoms with Crippen molar-refractivity contribution >= 4 is 88.8 Å². The highest BCUT2D eigenvalue weighted by molar-refractivity contribution is 6.11. The van der Waals surface area contributed by atoms with Gasteiger partial charge >= 0.3 is 0 Å². The van der Waals surface area contributed by atoms with Crippen LogP contribution in [0.1, 0.15) is 24.0 Å². The van der Waals surface area contributed by atoms with Gasteiger partial charge in [0.2, 0.25) is 0 Å². The molecule has 2 aromatic heterocycles. The predicted octanol–water partition coefficient (Wildman–Crippen LogP) is 20.6. The lowest BCUT2D eigenvalue weighted by molar-refractivity contribution is 0.668. The molecule has 0 saturated heterocycles. The summed E-state index contributed by atoms with van der Waals surface area (Å²) in [6.45, 7) is 0. The fraction of sp³-hybridized carbons (Fsp3) is 0.0411. The number of rotatable bonds is 9. The van der Waals surface area contributed by atoms with Crippen LogP contribution in [0.2, 0.25) is 0 Å². The monoisotopic (exact) mass is 984 g/mol. The molecule has 77 heavy (non-hydrogen) atoms. The molecule has 0 N–H and O–H groups in total. The summed E-state index contributed by atoms with van der Waals surface area (Å²) in [6.07, 6.45) is 2.21. The summed E-state index contributed by atoms with van der Waals surface area (Å²) >= 11 is 0. The van der Waals surface area contributed by atoms with Gasteiger partial charge in [0.05, 0.1) is 11.4 Å². The molecule has 1 fully saturated rings. The third-order valence-corrected chi connectivity index (χ3v) is 16.5. The van der Waals surface area contributed by atoms with Crippen molar-refractivity contribution in [1.29, 1.82) is 0 Å². The fourth-order valence-electron chi connectivity index (χ4n) is 12.8. The summed E-state index contributed by atoms with van der Waals surface area (Å²) in [5.74, 6) is 0. The van der Waals surface area contributed by atoms with E-state index in [1.807, 2.05) is 18.2 Å². The lowest BCUT2D eigenvalue weighted by Gasteiger charge is -2.33. The zero-order valence-electron chi connectivity index (χ0n) is 42.0. The first kappa shape index (κ1) is 43.5. The maximum atomic E-state index is 6.36. The Morgan fingerprint density at radius 2 is 0.714 bits per heavy atom. The average molecular weight is 985 g/mol. The van der Waals surface area contributed by atoms with Crippen molar-refractivity contribution in [3.63, 3.8) is 0 Å². The first-order valence-electron chi connectivity index (χ1n) is 26.7. The molecule has 2 aliphatic carbocycles. The van der Waals surface area contributed by atoms with Crippen LogP contribution in [-0.2, 0) is 5.41 Å². The van der Waals surface area contributed by atoms with Crippen LogP contribution in [0.3, 0.4) is 0 Å². The van der Waals surface area contributed by atoms with Crippen molar-refractivity contribution in [2.24, 2.45) is 0 Å². The van der Waals surface area contributed by atoms with E-state index in [4.69, 9.17) is 8.83 Å². The third-order valence-electron chi connectivity index (χ3n) is 16.5. The summed E-state index contributed by atoms with van der Waals surface area (Å²) < 4.78 is 12.7.